The molecule has 0 aliphatic heterocycles. The Morgan fingerprint density at radius 3 is 2.42 bits per heavy atom. The van der Waals surface area contributed by atoms with E-state index in [0.717, 1.165) is 33.5 Å². The second kappa shape index (κ2) is 9.81. The number of carboxylic acid groups (broad SMARTS) is 1. The lowest BCUT2D eigenvalue weighted by molar-refractivity contribution is -0.136. The van der Waals surface area contributed by atoms with Crippen LogP contribution >= 0.6 is 0 Å². The Morgan fingerprint density at radius 2 is 1.61 bits per heavy atom. The Hall–Kier alpha value is -3.79. The van der Waals surface area contributed by atoms with E-state index in [1.807, 2.05) is 60.7 Å². The number of aliphatic carboxylic acids is 1. The van der Waals surface area contributed by atoms with Crippen LogP contribution in [0.5, 0.6) is 5.75 Å². The lowest BCUT2D eigenvalue weighted by atomic mass is 9.97. The van der Waals surface area contributed by atoms with Crippen molar-refractivity contribution < 1.29 is 14.6 Å². The van der Waals surface area contributed by atoms with Crippen molar-refractivity contribution in [1.29, 1.82) is 0 Å². The second-order valence-corrected chi connectivity index (χ2v) is 7.43. The van der Waals surface area contributed by atoms with Crippen LogP contribution in [0.1, 0.15) is 12.0 Å². The van der Waals surface area contributed by atoms with Crippen LogP contribution < -0.4 is 10.1 Å². The molecule has 156 valence electrons. The smallest absolute Gasteiger partial charge is 0.303 e. The lowest BCUT2D eigenvalue weighted by Crippen LogP contribution is -2.11. The van der Waals surface area contributed by atoms with Gasteiger partial charge in [0.25, 0.3) is 0 Å². The molecule has 0 amide bonds. The number of nitrogens with one attached hydrogen (secondary N) is 1. The minimum Gasteiger partial charge on any atom is -0.491 e. The largest absolute Gasteiger partial charge is 0.491 e. The van der Waals surface area contributed by atoms with E-state index in [2.05, 4.69) is 35.6 Å². The molecular formula is C27H25NO3. The highest BCUT2D eigenvalue weighted by Gasteiger charge is 2.10. The predicted octanol–water partition coefficient (Wildman–Crippen LogP) is 6.01. The van der Waals surface area contributed by atoms with Gasteiger partial charge in [0.1, 0.15) is 12.4 Å². The summed E-state index contributed by atoms with van der Waals surface area (Å²) in [5.74, 6) is 0.00351. The fourth-order valence-electron chi connectivity index (χ4n) is 3.60. The normalized spacial score (nSPS) is 10.7. The van der Waals surface area contributed by atoms with Gasteiger partial charge in [0.15, 0.2) is 0 Å². The summed E-state index contributed by atoms with van der Waals surface area (Å²) >= 11 is 0. The van der Waals surface area contributed by atoms with Crippen molar-refractivity contribution in [1.82, 2.24) is 0 Å². The summed E-state index contributed by atoms with van der Waals surface area (Å²) in [4.78, 5) is 11.0. The molecule has 0 fully saturated rings. The second-order valence-electron chi connectivity index (χ2n) is 7.43. The summed E-state index contributed by atoms with van der Waals surface area (Å²) in [5, 5.41) is 14.7. The van der Waals surface area contributed by atoms with Crippen LogP contribution in [0.4, 0.5) is 5.69 Å². The number of fused-ring (bicyclic) bond motifs is 1. The molecule has 0 saturated carbocycles. The summed E-state index contributed by atoms with van der Waals surface area (Å²) in [6, 6.07) is 30.6. The summed E-state index contributed by atoms with van der Waals surface area (Å²) in [7, 11) is 0. The van der Waals surface area contributed by atoms with Gasteiger partial charge in [0.05, 0.1) is 0 Å². The van der Waals surface area contributed by atoms with Crippen LogP contribution in [0.25, 0.3) is 21.9 Å². The molecule has 31 heavy (non-hydrogen) atoms. The van der Waals surface area contributed by atoms with Crippen molar-refractivity contribution in [2.45, 2.75) is 12.8 Å². The van der Waals surface area contributed by atoms with E-state index in [4.69, 9.17) is 9.84 Å². The van der Waals surface area contributed by atoms with E-state index in [0.29, 0.717) is 19.6 Å². The number of aryl methyl sites for hydroxylation is 1. The number of para-hydroxylation sites is 1. The highest BCUT2D eigenvalue weighted by Crippen LogP contribution is 2.33. The van der Waals surface area contributed by atoms with Gasteiger partial charge >= 0.3 is 5.97 Å². The molecule has 0 heterocycles. The van der Waals surface area contributed by atoms with Gasteiger partial charge in [-0.1, -0.05) is 60.7 Å². The molecular weight excluding hydrogens is 386 g/mol. The quantitative estimate of drug-likeness (QED) is 0.331. The molecule has 0 spiro atoms. The van der Waals surface area contributed by atoms with Gasteiger partial charge in [-0.05, 0) is 58.7 Å². The third-order valence-electron chi connectivity index (χ3n) is 5.19. The summed E-state index contributed by atoms with van der Waals surface area (Å²) < 4.78 is 6.13. The topological polar surface area (TPSA) is 58.6 Å². The summed E-state index contributed by atoms with van der Waals surface area (Å²) in [6.45, 7) is 1.20. The first-order valence-corrected chi connectivity index (χ1v) is 10.4. The van der Waals surface area contributed by atoms with Crippen molar-refractivity contribution in [3.63, 3.8) is 0 Å². The maximum atomic E-state index is 11.0. The maximum Gasteiger partial charge on any atom is 0.303 e. The summed E-state index contributed by atoms with van der Waals surface area (Å²) in [5.41, 5.74) is 4.08. The van der Waals surface area contributed by atoms with Crippen LogP contribution in [0, 0.1) is 0 Å². The zero-order valence-corrected chi connectivity index (χ0v) is 17.3. The van der Waals surface area contributed by atoms with Crippen LogP contribution in [-0.4, -0.2) is 24.2 Å². The number of ether oxygens (including phenoxy) is 1. The predicted molar refractivity (Wildman–Crippen MR) is 126 cm³/mol. The van der Waals surface area contributed by atoms with Gasteiger partial charge in [-0.25, -0.2) is 0 Å². The van der Waals surface area contributed by atoms with Crippen molar-refractivity contribution in [2.75, 3.05) is 18.5 Å². The molecule has 0 aliphatic carbocycles. The Labute approximate surface area is 182 Å². The minimum atomic E-state index is -0.792. The van der Waals surface area contributed by atoms with Gasteiger partial charge in [0.2, 0.25) is 0 Å². The Balaban J connectivity index is 1.56. The lowest BCUT2D eigenvalue weighted by Gasteiger charge is -2.15. The van der Waals surface area contributed by atoms with Gasteiger partial charge in [0, 0.05) is 24.2 Å². The Bertz CT molecular complexity index is 1170. The van der Waals surface area contributed by atoms with Crippen molar-refractivity contribution in [3.8, 4) is 16.9 Å². The van der Waals surface area contributed by atoms with Crippen LogP contribution in [0.15, 0.2) is 91.0 Å². The summed E-state index contributed by atoms with van der Waals surface area (Å²) in [6.07, 6.45) is 0.601. The SMILES string of the molecule is O=C(O)CCc1ccc(OCCNc2ccccc2)c(-c2ccc3ccccc3c2)c1. The molecule has 0 aliphatic rings. The third kappa shape index (κ3) is 5.43. The molecule has 4 rings (SSSR count). The molecule has 0 unspecified atom stereocenters. The monoisotopic (exact) mass is 411 g/mol. The molecule has 4 nitrogen and oxygen atoms in total. The number of carboxylic acids is 1. The van der Waals surface area contributed by atoms with Gasteiger partial charge in [-0.2, -0.15) is 0 Å². The molecule has 0 bridgehead atoms. The molecule has 4 aromatic carbocycles. The van der Waals surface area contributed by atoms with Crippen LogP contribution in [-0.2, 0) is 11.2 Å². The van der Waals surface area contributed by atoms with Crippen LogP contribution in [0.3, 0.4) is 0 Å². The number of anilines is 1. The zero-order chi connectivity index (χ0) is 21.5. The number of hydrogen-bond donors (Lipinski definition) is 2. The van der Waals surface area contributed by atoms with Gasteiger partial charge in [-0.3, -0.25) is 4.79 Å². The molecule has 4 heteroatoms. The van der Waals surface area contributed by atoms with Crippen molar-refractivity contribution >= 4 is 22.4 Å². The van der Waals surface area contributed by atoms with E-state index < -0.39 is 5.97 Å². The van der Waals surface area contributed by atoms with E-state index >= 15 is 0 Å². The number of rotatable bonds is 9. The minimum absolute atomic E-state index is 0.109. The average Bonchev–Trinajstić information content (AvgIpc) is 2.81. The fraction of sp³-hybridized carbons (Fsp3) is 0.148. The third-order valence-corrected chi connectivity index (χ3v) is 5.19. The molecule has 2 N–H and O–H groups in total. The van der Waals surface area contributed by atoms with Crippen LogP contribution in [0.2, 0.25) is 0 Å². The average molecular weight is 412 g/mol. The van der Waals surface area contributed by atoms with Crippen molar-refractivity contribution in [2.24, 2.45) is 0 Å². The molecule has 4 aromatic rings. The number of carbonyl (C=O) groups is 1. The van der Waals surface area contributed by atoms with E-state index in [9.17, 15) is 4.79 Å². The number of benzene rings is 4. The first-order valence-electron chi connectivity index (χ1n) is 10.4. The Morgan fingerprint density at radius 1 is 0.839 bits per heavy atom. The highest BCUT2D eigenvalue weighted by atomic mass is 16.5. The Kier molecular flexibility index (Phi) is 6.48. The zero-order valence-electron chi connectivity index (χ0n) is 17.3. The highest BCUT2D eigenvalue weighted by molar-refractivity contribution is 5.88. The first kappa shape index (κ1) is 20.5. The van der Waals surface area contributed by atoms with E-state index in [-0.39, 0.29) is 6.42 Å². The van der Waals surface area contributed by atoms with Gasteiger partial charge in [-0.15, -0.1) is 0 Å². The van der Waals surface area contributed by atoms with E-state index in [1.54, 1.807) is 0 Å². The number of hydrogen-bond acceptors (Lipinski definition) is 3. The van der Waals surface area contributed by atoms with Crippen molar-refractivity contribution in [3.05, 3.63) is 96.6 Å². The fourth-order valence-corrected chi connectivity index (χ4v) is 3.60. The van der Waals surface area contributed by atoms with Gasteiger partial charge < -0.3 is 15.2 Å². The molecule has 0 saturated heterocycles. The molecule has 0 aromatic heterocycles. The first-order chi connectivity index (χ1) is 15.2. The molecule has 0 atom stereocenters. The van der Waals surface area contributed by atoms with E-state index in [1.165, 1.54) is 5.39 Å². The molecule has 0 radical (unpaired) electrons. The maximum absolute atomic E-state index is 11.0. The standard InChI is InChI=1S/C27H25NO3/c29-27(30)15-11-20-10-14-26(31-17-16-28-24-8-2-1-3-9-24)25(18-20)23-13-12-21-6-4-5-7-22(21)19-23/h1-10,12-14,18-19,28H,11,15-17H2,(H,29,30).